The van der Waals surface area contributed by atoms with Crippen molar-refractivity contribution in [3.63, 3.8) is 0 Å². The fourth-order valence-electron chi connectivity index (χ4n) is 4.78. The van der Waals surface area contributed by atoms with Crippen LogP contribution in [0.2, 0.25) is 0 Å². The summed E-state index contributed by atoms with van der Waals surface area (Å²) in [6.45, 7) is 4.10. The van der Waals surface area contributed by atoms with Crippen LogP contribution in [-0.2, 0) is 16.4 Å². The van der Waals surface area contributed by atoms with Crippen molar-refractivity contribution < 1.29 is 13.2 Å². The van der Waals surface area contributed by atoms with Gasteiger partial charge in [0.25, 0.3) is 15.9 Å². The van der Waals surface area contributed by atoms with E-state index in [2.05, 4.69) is 33.9 Å². The summed E-state index contributed by atoms with van der Waals surface area (Å²) in [4.78, 5) is 17.8. The molecule has 0 spiro atoms. The van der Waals surface area contributed by atoms with Gasteiger partial charge in [0.15, 0.2) is 0 Å². The van der Waals surface area contributed by atoms with E-state index in [1.807, 2.05) is 35.2 Å². The number of nitrogens with zero attached hydrogens (tertiary/aromatic N) is 2. The normalized spacial score (nSPS) is 14.9. The zero-order valence-corrected chi connectivity index (χ0v) is 21.5. The highest BCUT2D eigenvalue weighted by molar-refractivity contribution is 7.92. The molecule has 0 radical (unpaired) electrons. The van der Waals surface area contributed by atoms with Gasteiger partial charge in [-0.3, -0.25) is 9.52 Å². The number of benzene rings is 4. The van der Waals surface area contributed by atoms with Gasteiger partial charge in [-0.25, -0.2) is 8.42 Å². The predicted octanol–water partition coefficient (Wildman–Crippen LogP) is 5.03. The molecule has 1 N–H and O–H groups in total. The molecule has 0 saturated carbocycles. The van der Waals surface area contributed by atoms with Crippen molar-refractivity contribution in [3.05, 3.63) is 108 Å². The minimum absolute atomic E-state index is 0.0725. The standard InChI is InChI=1S/C30H31N3O3S/c34-30(33-18-7-17-32(20-21-33)19-16-24-8-2-1-3-9-24)27-12-6-13-28(22-27)31-37(35,36)29-15-14-25-10-4-5-11-26(25)23-29/h1-6,8-15,22-23,31H,7,16-21H2. The van der Waals surface area contributed by atoms with Gasteiger partial charge in [0.1, 0.15) is 0 Å². The van der Waals surface area contributed by atoms with Crippen molar-refractivity contribution in [3.8, 4) is 0 Å². The van der Waals surface area contributed by atoms with E-state index in [4.69, 9.17) is 0 Å². The van der Waals surface area contributed by atoms with Crippen molar-refractivity contribution in [2.24, 2.45) is 0 Å². The summed E-state index contributed by atoms with van der Waals surface area (Å²) in [5.41, 5.74) is 2.18. The Morgan fingerprint density at radius 3 is 2.38 bits per heavy atom. The molecule has 0 unspecified atom stereocenters. The molecule has 4 aromatic rings. The van der Waals surface area contributed by atoms with Crippen LogP contribution in [0.25, 0.3) is 10.8 Å². The second kappa shape index (κ2) is 11.2. The van der Waals surface area contributed by atoms with Gasteiger partial charge >= 0.3 is 0 Å². The number of nitrogens with one attached hydrogen (secondary N) is 1. The molecule has 37 heavy (non-hydrogen) atoms. The predicted molar refractivity (Wildman–Crippen MR) is 148 cm³/mol. The van der Waals surface area contributed by atoms with Crippen LogP contribution in [0.3, 0.4) is 0 Å². The zero-order chi connectivity index (χ0) is 25.7. The molecule has 1 heterocycles. The third kappa shape index (κ3) is 6.18. The Labute approximate surface area is 218 Å². The van der Waals surface area contributed by atoms with Gasteiger partial charge < -0.3 is 9.80 Å². The molecule has 7 heteroatoms. The Morgan fingerprint density at radius 1 is 0.757 bits per heavy atom. The lowest BCUT2D eigenvalue weighted by molar-refractivity contribution is 0.0761. The molecule has 1 aliphatic rings. The lowest BCUT2D eigenvalue weighted by atomic mass is 10.1. The first-order chi connectivity index (χ1) is 18.0. The maximum absolute atomic E-state index is 13.3. The molecule has 1 saturated heterocycles. The molecule has 6 nitrogen and oxygen atoms in total. The minimum atomic E-state index is -3.80. The first-order valence-electron chi connectivity index (χ1n) is 12.7. The molecular weight excluding hydrogens is 482 g/mol. The van der Waals surface area contributed by atoms with E-state index in [-0.39, 0.29) is 10.8 Å². The highest BCUT2D eigenvalue weighted by Crippen LogP contribution is 2.22. The van der Waals surface area contributed by atoms with Gasteiger partial charge in [-0.2, -0.15) is 0 Å². The summed E-state index contributed by atoms with van der Waals surface area (Å²) in [6, 6.07) is 29.9. The SMILES string of the molecule is O=C(c1cccc(NS(=O)(=O)c2ccc3ccccc3c2)c1)N1CCCN(CCc2ccccc2)CC1. The Kier molecular flexibility index (Phi) is 7.53. The van der Waals surface area contributed by atoms with Gasteiger partial charge in [0, 0.05) is 37.4 Å². The summed E-state index contributed by atoms with van der Waals surface area (Å²) in [6.07, 6.45) is 1.91. The van der Waals surface area contributed by atoms with Gasteiger partial charge in [0.2, 0.25) is 0 Å². The molecule has 5 rings (SSSR count). The minimum Gasteiger partial charge on any atom is -0.337 e. The second-order valence-corrected chi connectivity index (χ2v) is 11.1. The zero-order valence-electron chi connectivity index (χ0n) is 20.7. The number of anilines is 1. The van der Waals surface area contributed by atoms with Crippen LogP contribution in [-0.4, -0.2) is 56.8 Å². The molecule has 0 atom stereocenters. The number of carbonyl (C=O) groups excluding carboxylic acids is 1. The Bertz CT molecular complexity index is 1490. The van der Waals surface area contributed by atoms with Crippen molar-refractivity contribution in [1.82, 2.24) is 9.80 Å². The van der Waals surface area contributed by atoms with Gasteiger partial charge in [-0.05, 0) is 66.1 Å². The van der Waals surface area contributed by atoms with E-state index >= 15 is 0 Å². The third-order valence-electron chi connectivity index (χ3n) is 6.83. The van der Waals surface area contributed by atoms with Gasteiger partial charge in [0.05, 0.1) is 4.90 Å². The maximum Gasteiger partial charge on any atom is 0.261 e. The van der Waals surface area contributed by atoms with Crippen LogP contribution < -0.4 is 4.72 Å². The molecule has 1 fully saturated rings. The molecule has 1 amide bonds. The number of fused-ring (bicyclic) bond motifs is 1. The average molecular weight is 514 g/mol. The lowest BCUT2D eigenvalue weighted by Crippen LogP contribution is -2.35. The van der Waals surface area contributed by atoms with Gasteiger partial charge in [-0.15, -0.1) is 0 Å². The monoisotopic (exact) mass is 513 g/mol. The van der Waals surface area contributed by atoms with Crippen LogP contribution in [0.5, 0.6) is 0 Å². The van der Waals surface area contributed by atoms with Crippen LogP contribution in [0.4, 0.5) is 5.69 Å². The average Bonchev–Trinajstić information content (AvgIpc) is 3.17. The van der Waals surface area contributed by atoms with E-state index in [0.717, 1.165) is 43.2 Å². The van der Waals surface area contributed by atoms with Crippen LogP contribution in [0.15, 0.2) is 102 Å². The van der Waals surface area contributed by atoms with E-state index in [1.54, 1.807) is 42.5 Å². The number of sulfonamides is 1. The fourth-order valence-corrected chi connectivity index (χ4v) is 5.86. The summed E-state index contributed by atoms with van der Waals surface area (Å²) in [5, 5.41) is 1.83. The number of carbonyl (C=O) groups is 1. The Morgan fingerprint density at radius 2 is 1.54 bits per heavy atom. The molecule has 0 aromatic heterocycles. The van der Waals surface area contributed by atoms with Crippen molar-refractivity contribution in [2.45, 2.75) is 17.7 Å². The van der Waals surface area contributed by atoms with Crippen LogP contribution in [0.1, 0.15) is 22.3 Å². The van der Waals surface area contributed by atoms with Crippen molar-refractivity contribution in [1.29, 1.82) is 0 Å². The van der Waals surface area contributed by atoms with E-state index in [1.165, 1.54) is 5.56 Å². The van der Waals surface area contributed by atoms with E-state index in [0.29, 0.717) is 24.3 Å². The molecule has 1 aliphatic heterocycles. The highest BCUT2D eigenvalue weighted by Gasteiger charge is 2.21. The van der Waals surface area contributed by atoms with Crippen molar-refractivity contribution >= 4 is 32.4 Å². The molecule has 0 aliphatic carbocycles. The number of rotatable bonds is 7. The Hall–Kier alpha value is -3.68. The van der Waals surface area contributed by atoms with E-state index in [9.17, 15) is 13.2 Å². The van der Waals surface area contributed by atoms with Crippen LogP contribution in [0, 0.1) is 0 Å². The van der Waals surface area contributed by atoms with Crippen molar-refractivity contribution in [2.75, 3.05) is 37.4 Å². The first kappa shape index (κ1) is 25.0. The second-order valence-electron chi connectivity index (χ2n) is 9.42. The topological polar surface area (TPSA) is 69.7 Å². The highest BCUT2D eigenvalue weighted by atomic mass is 32.2. The van der Waals surface area contributed by atoms with E-state index < -0.39 is 10.0 Å². The summed E-state index contributed by atoms with van der Waals surface area (Å²) in [5.74, 6) is -0.0725. The largest absolute Gasteiger partial charge is 0.337 e. The third-order valence-corrected chi connectivity index (χ3v) is 8.21. The molecular formula is C30H31N3O3S. The fraction of sp³-hybridized carbons (Fsp3) is 0.233. The smallest absolute Gasteiger partial charge is 0.261 e. The van der Waals surface area contributed by atoms with Gasteiger partial charge in [-0.1, -0.05) is 66.7 Å². The number of amides is 1. The van der Waals surface area contributed by atoms with Crippen LogP contribution >= 0.6 is 0 Å². The molecule has 0 bridgehead atoms. The first-order valence-corrected chi connectivity index (χ1v) is 14.1. The lowest BCUT2D eigenvalue weighted by Gasteiger charge is -2.22. The maximum atomic E-state index is 13.3. The summed E-state index contributed by atoms with van der Waals surface area (Å²) >= 11 is 0. The molecule has 4 aromatic carbocycles. The number of hydrogen-bond acceptors (Lipinski definition) is 4. The quantitative estimate of drug-likeness (QED) is 0.376. The molecule has 190 valence electrons. The number of hydrogen-bond donors (Lipinski definition) is 1. The Balaban J connectivity index is 1.23. The summed E-state index contributed by atoms with van der Waals surface area (Å²) < 4.78 is 28.8. The summed E-state index contributed by atoms with van der Waals surface area (Å²) in [7, 11) is -3.80.